The molecule has 0 heterocycles. The topological polar surface area (TPSA) is 0 Å². The Morgan fingerprint density at radius 2 is 1.48 bits per heavy atom. The third kappa shape index (κ3) is 5.56. The fraction of sp³-hybridized carbons (Fsp3) is 0.333. The molecule has 1 aliphatic carbocycles. The van der Waals surface area contributed by atoms with Gasteiger partial charge in [0.1, 0.15) is 0 Å². The maximum atomic E-state index is 2.57. The van der Waals surface area contributed by atoms with Crippen LogP contribution in [0.1, 0.15) is 38.5 Å². The fourth-order valence-electron chi connectivity index (χ4n) is 2.86. The molecular formula is C21H24SSe. The third-order valence-electron chi connectivity index (χ3n) is 4.08. The molecule has 1 unspecified atom stereocenters. The SMILES string of the molecule is C1=C(\[Se]c2ccccc2)C(Sc2ccccc2)CCCCCC/1. The summed E-state index contributed by atoms with van der Waals surface area (Å²) in [5.74, 6) is 0. The number of hydrogen-bond donors (Lipinski definition) is 0. The molecule has 0 saturated carbocycles. The number of allylic oxidation sites excluding steroid dienone is 1. The van der Waals surface area contributed by atoms with E-state index in [1.165, 1.54) is 47.9 Å². The summed E-state index contributed by atoms with van der Waals surface area (Å²) < 4.78 is 3.20. The first-order valence-electron chi connectivity index (χ1n) is 8.56. The molecule has 1 aliphatic rings. The van der Waals surface area contributed by atoms with Crippen LogP contribution in [0.25, 0.3) is 0 Å². The average Bonchev–Trinajstić information content (AvgIpc) is 2.70. The van der Waals surface area contributed by atoms with E-state index in [4.69, 9.17) is 0 Å². The van der Waals surface area contributed by atoms with E-state index < -0.39 is 0 Å². The molecule has 0 saturated heterocycles. The minimum absolute atomic E-state index is 0.456. The Morgan fingerprint density at radius 1 is 0.783 bits per heavy atom. The first-order chi connectivity index (χ1) is 11.4. The number of thioether (sulfide) groups is 1. The van der Waals surface area contributed by atoms with E-state index >= 15 is 0 Å². The molecule has 2 heteroatoms. The molecule has 0 fully saturated rings. The molecule has 0 aliphatic heterocycles. The van der Waals surface area contributed by atoms with Crippen molar-refractivity contribution >= 4 is 31.2 Å². The standard InChI is InChI=1S/C21H24SSe/c1-2-10-16-20(22-18-12-6-4-7-13-18)21(17-11-3-1)23-19-14-8-5-9-15-19/h4-9,12-15,17,20H,1-3,10-11,16H2/b21-17-. The summed E-state index contributed by atoms with van der Waals surface area (Å²) in [5, 5.41) is 0.649. The van der Waals surface area contributed by atoms with Crippen LogP contribution >= 0.6 is 11.8 Å². The fourth-order valence-corrected chi connectivity index (χ4v) is 6.68. The second-order valence-electron chi connectivity index (χ2n) is 5.93. The summed E-state index contributed by atoms with van der Waals surface area (Å²) in [7, 11) is 0. The first-order valence-corrected chi connectivity index (χ1v) is 11.2. The van der Waals surface area contributed by atoms with Crippen LogP contribution in [0.5, 0.6) is 0 Å². The zero-order chi connectivity index (χ0) is 15.7. The van der Waals surface area contributed by atoms with Crippen LogP contribution < -0.4 is 4.46 Å². The molecule has 0 nitrogen and oxygen atoms in total. The van der Waals surface area contributed by atoms with Crippen LogP contribution in [0.15, 0.2) is 76.1 Å². The summed E-state index contributed by atoms with van der Waals surface area (Å²) in [6.07, 6.45) is 10.7. The van der Waals surface area contributed by atoms with Gasteiger partial charge in [-0.2, -0.15) is 0 Å². The number of hydrogen-bond acceptors (Lipinski definition) is 1. The molecule has 23 heavy (non-hydrogen) atoms. The Hall–Kier alpha value is -0.951. The Labute approximate surface area is 150 Å². The predicted molar refractivity (Wildman–Crippen MR) is 104 cm³/mol. The van der Waals surface area contributed by atoms with Crippen molar-refractivity contribution in [2.45, 2.75) is 48.7 Å². The van der Waals surface area contributed by atoms with E-state index in [1.807, 2.05) is 0 Å². The number of rotatable bonds is 4. The Morgan fingerprint density at radius 3 is 2.26 bits per heavy atom. The van der Waals surface area contributed by atoms with Crippen LogP contribution in [0, 0.1) is 0 Å². The second-order valence-corrected chi connectivity index (χ2v) is 9.62. The van der Waals surface area contributed by atoms with Crippen molar-refractivity contribution in [2.24, 2.45) is 0 Å². The summed E-state index contributed by atoms with van der Waals surface area (Å²) in [4.78, 5) is 1.41. The molecule has 0 spiro atoms. The van der Waals surface area contributed by atoms with Crippen molar-refractivity contribution in [3.63, 3.8) is 0 Å². The summed E-state index contributed by atoms with van der Waals surface area (Å²) in [6.45, 7) is 0. The van der Waals surface area contributed by atoms with Gasteiger partial charge in [0.2, 0.25) is 0 Å². The van der Waals surface area contributed by atoms with Crippen molar-refractivity contribution < 1.29 is 0 Å². The van der Waals surface area contributed by atoms with Gasteiger partial charge in [-0.15, -0.1) is 0 Å². The minimum atomic E-state index is 0.456. The van der Waals surface area contributed by atoms with Crippen molar-refractivity contribution in [3.8, 4) is 0 Å². The van der Waals surface area contributed by atoms with Crippen LogP contribution in [-0.2, 0) is 0 Å². The van der Waals surface area contributed by atoms with E-state index in [0.29, 0.717) is 20.2 Å². The van der Waals surface area contributed by atoms with E-state index in [0.717, 1.165) is 0 Å². The summed E-state index contributed by atoms with van der Waals surface area (Å²) in [6, 6.07) is 22.0. The molecular weight excluding hydrogens is 363 g/mol. The second kappa shape index (κ2) is 9.37. The number of benzene rings is 2. The van der Waals surface area contributed by atoms with Crippen LogP contribution in [-0.4, -0.2) is 20.2 Å². The molecule has 1 atom stereocenters. The van der Waals surface area contributed by atoms with Crippen LogP contribution in [0.2, 0.25) is 0 Å². The van der Waals surface area contributed by atoms with Gasteiger partial charge in [0.15, 0.2) is 0 Å². The van der Waals surface area contributed by atoms with Crippen molar-refractivity contribution in [2.75, 3.05) is 0 Å². The van der Waals surface area contributed by atoms with Gasteiger partial charge in [-0.25, -0.2) is 0 Å². The molecule has 0 radical (unpaired) electrons. The zero-order valence-corrected chi connectivity index (χ0v) is 16.0. The van der Waals surface area contributed by atoms with Gasteiger partial charge in [-0.3, -0.25) is 0 Å². The van der Waals surface area contributed by atoms with Gasteiger partial charge >= 0.3 is 151 Å². The Balaban J connectivity index is 1.79. The van der Waals surface area contributed by atoms with Gasteiger partial charge < -0.3 is 0 Å². The first kappa shape index (κ1) is 16.9. The maximum absolute atomic E-state index is 2.57. The molecule has 0 N–H and O–H groups in total. The van der Waals surface area contributed by atoms with Crippen LogP contribution in [0.4, 0.5) is 0 Å². The monoisotopic (exact) mass is 388 g/mol. The van der Waals surface area contributed by atoms with Crippen molar-refractivity contribution in [1.82, 2.24) is 0 Å². The van der Waals surface area contributed by atoms with Crippen LogP contribution in [0.3, 0.4) is 0 Å². The summed E-state index contributed by atoms with van der Waals surface area (Å²) in [5.41, 5.74) is 0. The van der Waals surface area contributed by atoms with Gasteiger partial charge in [0, 0.05) is 0 Å². The van der Waals surface area contributed by atoms with Crippen molar-refractivity contribution in [1.29, 1.82) is 0 Å². The predicted octanol–water partition coefficient (Wildman–Crippen LogP) is 5.42. The van der Waals surface area contributed by atoms with E-state index in [1.54, 1.807) is 4.47 Å². The van der Waals surface area contributed by atoms with E-state index in [-0.39, 0.29) is 0 Å². The summed E-state index contributed by atoms with van der Waals surface area (Å²) >= 11 is 2.53. The molecule has 2 aromatic carbocycles. The van der Waals surface area contributed by atoms with Gasteiger partial charge in [-0.05, 0) is 0 Å². The zero-order valence-electron chi connectivity index (χ0n) is 13.5. The molecule has 3 rings (SSSR count). The molecule has 2 aromatic rings. The molecule has 120 valence electrons. The Kier molecular flexibility index (Phi) is 6.88. The third-order valence-corrected chi connectivity index (χ3v) is 8.25. The van der Waals surface area contributed by atoms with Crippen molar-refractivity contribution in [3.05, 3.63) is 71.2 Å². The average molecular weight is 387 g/mol. The van der Waals surface area contributed by atoms with E-state index in [9.17, 15) is 0 Å². The molecule has 0 amide bonds. The van der Waals surface area contributed by atoms with Gasteiger partial charge in [0.25, 0.3) is 0 Å². The molecule has 0 aromatic heterocycles. The van der Waals surface area contributed by atoms with Gasteiger partial charge in [0.05, 0.1) is 0 Å². The molecule has 0 bridgehead atoms. The van der Waals surface area contributed by atoms with E-state index in [2.05, 4.69) is 78.5 Å². The Bertz CT molecular complexity index is 606. The van der Waals surface area contributed by atoms with Gasteiger partial charge in [-0.1, -0.05) is 0 Å². The normalized spacial score (nSPS) is 21.6. The quantitative estimate of drug-likeness (QED) is 0.632.